The molecule has 0 radical (unpaired) electrons. The largest absolute Gasteiger partial charge is 0.343 e. The fourth-order valence-corrected chi connectivity index (χ4v) is 1.82. The summed E-state index contributed by atoms with van der Waals surface area (Å²) in [5.74, 6) is -0.778. The third-order valence-electron chi connectivity index (χ3n) is 3.14. The number of aromatic nitrogens is 1. The van der Waals surface area contributed by atoms with Crippen LogP contribution in [0.3, 0.4) is 0 Å². The summed E-state index contributed by atoms with van der Waals surface area (Å²) in [7, 11) is 3.96. The van der Waals surface area contributed by atoms with Crippen LogP contribution < -0.4 is 0 Å². The number of benzene rings is 1. The van der Waals surface area contributed by atoms with Crippen molar-refractivity contribution in [3.8, 4) is 0 Å². The standard InChI is InChI=1S/C13H16F2N2/c1-9(16(2)3)7-17-8-12(15)11-6-10(14)4-5-13(11)17/h4-6,8-9H,7H2,1-3H3/t9-/m1/s1. The second-order valence-corrected chi connectivity index (χ2v) is 4.60. The van der Waals surface area contributed by atoms with Crippen LogP contribution in [0.2, 0.25) is 0 Å². The van der Waals surface area contributed by atoms with E-state index in [4.69, 9.17) is 0 Å². The average molecular weight is 238 g/mol. The molecule has 2 rings (SSSR count). The lowest BCUT2D eigenvalue weighted by Crippen LogP contribution is -2.28. The fraction of sp³-hybridized carbons (Fsp3) is 0.385. The van der Waals surface area contributed by atoms with Crippen molar-refractivity contribution in [1.82, 2.24) is 9.47 Å². The number of likely N-dealkylation sites (N-methyl/N-ethyl adjacent to an activating group) is 1. The zero-order valence-electron chi connectivity index (χ0n) is 10.2. The Labute approximate surface area is 99.4 Å². The van der Waals surface area contributed by atoms with E-state index >= 15 is 0 Å². The zero-order valence-corrected chi connectivity index (χ0v) is 10.2. The molecule has 0 bridgehead atoms. The molecule has 1 atom stereocenters. The van der Waals surface area contributed by atoms with Gasteiger partial charge in [-0.2, -0.15) is 0 Å². The first-order valence-corrected chi connectivity index (χ1v) is 5.59. The van der Waals surface area contributed by atoms with E-state index in [1.165, 1.54) is 18.3 Å². The van der Waals surface area contributed by atoms with Crippen LogP contribution in [-0.4, -0.2) is 29.6 Å². The highest BCUT2D eigenvalue weighted by Crippen LogP contribution is 2.21. The molecule has 0 spiro atoms. The highest BCUT2D eigenvalue weighted by Gasteiger charge is 2.12. The predicted molar refractivity (Wildman–Crippen MR) is 65.0 cm³/mol. The summed E-state index contributed by atoms with van der Waals surface area (Å²) in [5, 5.41) is 0.343. The first-order chi connectivity index (χ1) is 7.99. The summed E-state index contributed by atoms with van der Waals surface area (Å²) in [5.41, 5.74) is 0.734. The Kier molecular flexibility index (Phi) is 3.15. The fourth-order valence-electron chi connectivity index (χ4n) is 1.82. The van der Waals surface area contributed by atoms with E-state index in [0.29, 0.717) is 11.9 Å². The summed E-state index contributed by atoms with van der Waals surface area (Å²) in [4.78, 5) is 2.06. The van der Waals surface area contributed by atoms with Gasteiger partial charge in [-0.05, 0) is 39.2 Å². The number of fused-ring (bicyclic) bond motifs is 1. The summed E-state index contributed by atoms with van der Waals surface area (Å²) >= 11 is 0. The summed E-state index contributed by atoms with van der Waals surface area (Å²) in [6, 6.07) is 4.51. The van der Waals surface area contributed by atoms with Crippen LogP contribution in [0, 0.1) is 11.6 Å². The van der Waals surface area contributed by atoms with E-state index in [1.54, 1.807) is 6.07 Å². The molecule has 4 heteroatoms. The molecule has 0 fully saturated rings. The summed E-state index contributed by atoms with van der Waals surface area (Å²) < 4.78 is 28.5. The van der Waals surface area contributed by atoms with E-state index in [0.717, 1.165) is 5.52 Å². The van der Waals surface area contributed by atoms with Gasteiger partial charge in [0.05, 0.1) is 5.52 Å². The topological polar surface area (TPSA) is 8.17 Å². The van der Waals surface area contributed by atoms with E-state index in [9.17, 15) is 8.78 Å². The maximum Gasteiger partial charge on any atom is 0.148 e. The molecule has 0 amide bonds. The second kappa shape index (κ2) is 4.45. The van der Waals surface area contributed by atoms with Gasteiger partial charge in [-0.3, -0.25) is 0 Å². The Bertz CT molecular complexity index is 531. The van der Waals surface area contributed by atoms with E-state index in [2.05, 4.69) is 11.8 Å². The van der Waals surface area contributed by atoms with E-state index < -0.39 is 5.82 Å². The SMILES string of the molecule is C[C@H](Cn1cc(F)c2cc(F)ccc21)N(C)C. The van der Waals surface area contributed by atoms with Crippen LogP contribution in [0.25, 0.3) is 10.9 Å². The Hall–Kier alpha value is -1.42. The summed E-state index contributed by atoms with van der Waals surface area (Å²) in [6.07, 6.45) is 1.43. The highest BCUT2D eigenvalue weighted by atomic mass is 19.1. The van der Waals surface area contributed by atoms with Crippen LogP contribution in [0.15, 0.2) is 24.4 Å². The minimum absolute atomic E-state index is 0.287. The normalized spacial score (nSPS) is 13.5. The lowest BCUT2D eigenvalue weighted by Gasteiger charge is -2.20. The van der Waals surface area contributed by atoms with Crippen molar-refractivity contribution in [3.63, 3.8) is 0 Å². The number of halogens is 2. The van der Waals surface area contributed by atoms with Gasteiger partial charge in [0.2, 0.25) is 0 Å². The molecule has 1 aromatic carbocycles. The molecule has 0 N–H and O–H groups in total. The van der Waals surface area contributed by atoms with Gasteiger partial charge < -0.3 is 9.47 Å². The van der Waals surface area contributed by atoms with Crippen LogP contribution in [-0.2, 0) is 6.54 Å². The molecule has 0 aliphatic heterocycles. The smallest absolute Gasteiger partial charge is 0.148 e. The molecular formula is C13H16F2N2. The van der Waals surface area contributed by atoms with Gasteiger partial charge in [0.15, 0.2) is 0 Å². The number of hydrogen-bond donors (Lipinski definition) is 0. The molecule has 0 saturated carbocycles. The number of nitrogens with zero attached hydrogens (tertiary/aromatic N) is 2. The van der Waals surface area contributed by atoms with Crippen LogP contribution in [0.1, 0.15) is 6.92 Å². The zero-order chi connectivity index (χ0) is 12.6. The molecule has 0 aliphatic rings. The van der Waals surface area contributed by atoms with Crippen molar-refractivity contribution in [1.29, 1.82) is 0 Å². The molecule has 1 heterocycles. The van der Waals surface area contributed by atoms with E-state index in [-0.39, 0.29) is 11.9 Å². The number of rotatable bonds is 3. The Morgan fingerprint density at radius 1 is 1.29 bits per heavy atom. The first kappa shape index (κ1) is 12.0. The van der Waals surface area contributed by atoms with Crippen LogP contribution in [0.4, 0.5) is 8.78 Å². The molecule has 0 aliphatic carbocycles. The van der Waals surface area contributed by atoms with Gasteiger partial charge in [0.1, 0.15) is 11.6 Å². The quantitative estimate of drug-likeness (QED) is 0.798. The van der Waals surface area contributed by atoms with Crippen molar-refractivity contribution in [3.05, 3.63) is 36.0 Å². The van der Waals surface area contributed by atoms with Crippen molar-refractivity contribution in [2.24, 2.45) is 0 Å². The third kappa shape index (κ3) is 2.31. The predicted octanol–water partition coefficient (Wildman–Crippen LogP) is 2.87. The number of hydrogen-bond acceptors (Lipinski definition) is 1. The van der Waals surface area contributed by atoms with Gasteiger partial charge >= 0.3 is 0 Å². The lowest BCUT2D eigenvalue weighted by molar-refractivity contribution is 0.286. The van der Waals surface area contributed by atoms with Gasteiger partial charge in [-0.15, -0.1) is 0 Å². The molecule has 0 saturated heterocycles. The monoisotopic (exact) mass is 238 g/mol. The Balaban J connectivity index is 2.42. The Morgan fingerprint density at radius 2 is 2.00 bits per heavy atom. The minimum Gasteiger partial charge on any atom is -0.343 e. The van der Waals surface area contributed by atoms with Gasteiger partial charge in [0, 0.05) is 24.2 Å². The molecule has 2 aromatic rings. The maximum atomic E-state index is 13.6. The third-order valence-corrected chi connectivity index (χ3v) is 3.14. The van der Waals surface area contributed by atoms with Crippen molar-refractivity contribution in [2.75, 3.05) is 14.1 Å². The lowest BCUT2D eigenvalue weighted by atomic mass is 10.2. The summed E-state index contributed by atoms with van der Waals surface area (Å²) in [6.45, 7) is 2.74. The minimum atomic E-state index is -0.408. The average Bonchev–Trinajstić information content (AvgIpc) is 2.55. The second-order valence-electron chi connectivity index (χ2n) is 4.60. The molecular weight excluding hydrogens is 222 g/mol. The van der Waals surface area contributed by atoms with Gasteiger partial charge in [-0.25, -0.2) is 8.78 Å². The molecule has 17 heavy (non-hydrogen) atoms. The maximum absolute atomic E-state index is 13.6. The van der Waals surface area contributed by atoms with Gasteiger partial charge in [0.25, 0.3) is 0 Å². The van der Waals surface area contributed by atoms with Gasteiger partial charge in [-0.1, -0.05) is 0 Å². The van der Waals surface area contributed by atoms with Crippen molar-refractivity contribution in [2.45, 2.75) is 19.5 Å². The molecule has 1 aromatic heterocycles. The first-order valence-electron chi connectivity index (χ1n) is 5.59. The van der Waals surface area contributed by atoms with Crippen molar-refractivity contribution >= 4 is 10.9 Å². The van der Waals surface area contributed by atoms with Crippen LogP contribution in [0.5, 0.6) is 0 Å². The molecule has 2 nitrogen and oxygen atoms in total. The highest BCUT2D eigenvalue weighted by molar-refractivity contribution is 5.80. The van der Waals surface area contributed by atoms with Crippen molar-refractivity contribution < 1.29 is 8.78 Å². The Morgan fingerprint density at radius 3 is 2.65 bits per heavy atom. The molecule has 0 unspecified atom stereocenters. The molecule has 92 valence electrons. The van der Waals surface area contributed by atoms with E-state index in [1.807, 2.05) is 18.7 Å². The van der Waals surface area contributed by atoms with Crippen LogP contribution >= 0.6 is 0 Å².